The second-order valence-corrected chi connectivity index (χ2v) is 8.69. The summed E-state index contributed by atoms with van der Waals surface area (Å²) in [4.78, 5) is 6.95. The third kappa shape index (κ3) is 5.64. The molecule has 0 spiro atoms. The fourth-order valence-electron chi connectivity index (χ4n) is 3.62. The zero-order chi connectivity index (χ0) is 21.8. The quantitative estimate of drug-likeness (QED) is 0.422. The van der Waals surface area contributed by atoms with Gasteiger partial charge in [-0.2, -0.15) is 0 Å². The number of halogens is 1. The standard InChI is InChI=1S/C28H27ClN2/c1-20(18-21(2)31(3)28-16-17-28)23-7-4-22(5-8-23)6-14-27-15-11-25(19-30-27)24-9-12-26(29)13-10-24/h4-5,7-13,15,18-19,21,28H,16-17H2,1-3H3/b20-18-/t21-/m1/s1. The molecule has 0 unspecified atom stereocenters. The van der Waals surface area contributed by atoms with Crippen LogP contribution >= 0.6 is 11.6 Å². The number of aromatic nitrogens is 1. The molecule has 0 radical (unpaired) electrons. The molecule has 1 aromatic heterocycles. The molecule has 2 aromatic carbocycles. The number of pyridine rings is 1. The van der Waals surface area contributed by atoms with Gasteiger partial charge in [0.15, 0.2) is 0 Å². The smallest absolute Gasteiger partial charge is 0.113 e. The van der Waals surface area contributed by atoms with Gasteiger partial charge in [0.25, 0.3) is 0 Å². The van der Waals surface area contributed by atoms with E-state index in [1.54, 1.807) is 0 Å². The molecule has 1 heterocycles. The highest BCUT2D eigenvalue weighted by Gasteiger charge is 2.28. The molecule has 3 heteroatoms. The lowest BCUT2D eigenvalue weighted by Gasteiger charge is -2.22. The van der Waals surface area contributed by atoms with Crippen LogP contribution in [0.25, 0.3) is 16.7 Å². The van der Waals surface area contributed by atoms with Crippen molar-refractivity contribution in [1.82, 2.24) is 9.88 Å². The van der Waals surface area contributed by atoms with Crippen molar-refractivity contribution in [2.45, 2.75) is 38.8 Å². The van der Waals surface area contributed by atoms with Gasteiger partial charge < -0.3 is 0 Å². The van der Waals surface area contributed by atoms with Crippen molar-refractivity contribution in [1.29, 1.82) is 0 Å². The molecule has 1 aliphatic rings. The monoisotopic (exact) mass is 426 g/mol. The molecule has 0 bridgehead atoms. The predicted molar refractivity (Wildman–Crippen MR) is 131 cm³/mol. The van der Waals surface area contributed by atoms with Crippen molar-refractivity contribution in [3.63, 3.8) is 0 Å². The summed E-state index contributed by atoms with van der Waals surface area (Å²) in [6.45, 7) is 4.46. The van der Waals surface area contributed by atoms with Crippen molar-refractivity contribution in [2.24, 2.45) is 0 Å². The Labute approximate surface area is 190 Å². The summed E-state index contributed by atoms with van der Waals surface area (Å²) in [6, 6.07) is 21.4. The van der Waals surface area contributed by atoms with Crippen LogP contribution in [0.4, 0.5) is 0 Å². The minimum Gasteiger partial charge on any atom is -0.297 e. The number of nitrogens with zero attached hydrogens (tertiary/aromatic N) is 2. The average Bonchev–Trinajstić information content (AvgIpc) is 3.64. The molecule has 1 fully saturated rings. The lowest BCUT2D eigenvalue weighted by Crippen LogP contribution is -2.29. The summed E-state index contributed by atoms with van der Waals surface area (Å²) in [7, 11) is 2.22. The molecule has 1 atom stereocenters. The summed E-state index contributed by atoms with van der Waals surface area (Å²) in [5.74, 6) is 6.38. The van der Waals surface area contributed by atoms with Crippen molar-refractivity contribution in [3.05, 3.63) is 94.8 Å². The number of hydrogen-bond acceptors (Lipinski definition) is 2. The maximum Gasteiger partial charge on any atom is 0.113 e. The number of rotatable bonds is 5. The molecule has 0 aliphatic heterocycles. The van der Waals surface area contributed by atoms with E-state index in [4.69, 9.17) is 11.6 Å². The Morgan fingerprint density at radius 1 is 1.00 bits per heavy atom. The molecule has 1 aliphatic carbocycles. The predicted octanol–water partition coefficient (Wildman–Crippen LogP) is 6.69. The second-order valence-electron chi connectivity index (χ2n) is 8.25. The van der Waals surface area contributed by atoms with E-state index in [0.717, 1.165) is 33.4 Å². The normalized spacial score (nSPS) is 14.8. The van der Waals surface area contributed by atoms with Crippen molar-refractivity contribution < 1.29 is 0 Å². The second kappa shape index (κ2) is 9.52. The number of allylic oxidation sites excluding steroid dienone is 1. The minimum absolute atomic E-state index is 0.453. The molecule has 4 rings (SSSR count). The van der Waals surface area contributed by atoms with Crippen molar-refractivity contribution in [2.75, 3.05) is 7.05 Å². The van der Waals surface area contributed by atoms with Gasteiger partial charge in [0.05, 0.1) is 0 Å². The molecular formula is C28H27ClN2. The number of likely N-dealkylation sites (N-methyl/N-ethyl adjacent to an activating group) is 1. The Morgan fingerprint density at radius 3 is 2.29 bits per heavy atom. The Kier molecular flexibility index (Phi) is 6.56. The zero-order valence-electron chi connectivity index (χ0n) is 18.3. The van der Waals surface area contributed by atoms with E-state index in [-0.39, 0.29) is 0 Å². The van der Waals surface area contributed by atoms with E-state index in [9.17, 15) is 0 Å². The van der Waals surface area contributed by atoms with E-state index in [1.807, 2.05) is 42.6 Å². The van der Waals surface area contributed by atoms with Crippen LogP contribution < -0.4 is 0 Å². The topological polar surface area (TPSA) is 16.1 Å². The molecule has 31 heavy (non-hydrogen) atoms. The van der Waals surface area contributed by atoms with Gasteiger partial charge in [-0.15, -0.1) is 0 Å². The molecule has 0 N–H and O–H groups in total. The van der Waals surface area contributed by atoms with Crippen LogP contribution in [0.3, 0.4) is 0 Å². The Hall–Kier alpha value is -2.86. The fourth-order valence-corrected chi connectivity index (χ4v) is 3.75. The highest BCUT2D eigenvalue weighted by Crippen LogP contribution is 2.28. The van der Waals surface area contributed by atoms with Gasteiger partial charge in [-0.3, -0.25) is 4.90 Å². The van der Waals surface area contributed by atoms with Gasteiger partial charge in [-0.1, -0.05) is 53.9 Å². The lowest BCUT2D eigenvalue weighted by atomic mass is 10.0. The Balaban J connectivity index is 1.42. The highest BCUT2D eigenvalue weighted by atomic mass is 35.5. The number of benzene rings is 2. The van der Waals surface area contributed by atoms with E-state index in [1.165, 1.54) is 24.0 Å². The molecule has 0 amide bonds. The fraction of sp³-hybridized carbons (Fsp3) is 0.250. The first kappa shape index (κ1) is 21.4. The van der Waals surface area contributed by atoms with E-state index in [2.05, 4.69) is 73.0 Å². The summed E-state index contributed by atoms with van der Waals surface area (Å²) in [6.07, 6.45) is 6.87. The molecule has 2 nitrogen and oxygen atoms in total. The van der Waals surface area contributed by atoms with Crippen LogP contribution in [0, 0.1) is 11.8 Å². The van der Waals surface area contributed by atoms with Gasteiger partial charge in [0, 0.05) is 34.4 Å². The Bertz CT molecular complexity index is 1110. The van der Waals surface area contributed by atoms with Crippen molar-refractivity contribution >= 4 is 17.2 Å². The van der Waals surface area contributed by atoms with Crippen molar-refractivity contribution in [3.8, 4) is 23.0 Å². The molecule has 156 valence electrons. The van der Waals surface area contributed by atoms with Crippen LogP contribution in [0.1, 0.15) is 43.5 Å². The van der Waals surface area contributed by atoms with E-state index in [0.29, 0.717) is 6.04 Å². The number of hydrogen-bond donors (Lipinski definition) is 0. The molecule has 0 saturated heterocycles. The average molecular weight is 427 g/mol. The Morgan fingerprint density at radius 2 is 1.68 bits per heavy atom. The van der Waals surface area contributed by atoms with E-state index >= 15 is 0 Å². The first-order valence-corrected chi connectivity index (χ1v) is 11.1. The van der Waals surface area contributed by atoms with Crippen LogP contribution in [-0.2, 0) is 0 Å². The third-order valence-electron chi connectivity index (χ3n) is 5.87. The minimum atomic E-state index is 0.453. The van der Waals surface area contributed by atoms with Gasteiger partial charge >= 0.3 is 0 Å². The largest absolute Gasteiger partial charge is 0.297 e. The van der Waals surface area contributed by atoms with E-state index < -0.39 is 0 Å². The maximum absolute atomic E-state index is 5.96. The summed E-state index contributed by atoms with van der Waals surface area (Å²) >= 11 is 5.96. The molecule has 1 saturated carbocycles. The lowest BCUT2D eigenvalue weighted by molar-refractivity contribution is 0.287. The molecule has 3 aromatic rings. The van der Waals surface area contributed by atoms with Crippen LogP contribution in [0.2, 0.25) is 5.02 Å². The van der Waals surface area contributed by atoms with Gasteiger partial charge in [0.2, 0.25) is 0 Å². The summed E-state index contributed by atoms with van der Waals surface area (Å²) < 4.78 is 0. The first-order chi connectivity index (χ1) is 15.0. The zero-order valence-corrected chi connectivity index (χ0v) is 19.0. The first-order valence-electron chi connectivity index (χ1n) is 10.7. The SMILES string of the molecule is C/C(=C/[C@@H](C)N(C)C1CC1)c1ccc(C#Cc2ccc(-c3ccc(Cl)cc3)cn2)cc1. The van der Waals surface area contributed by atoms with Gasteiger partial charge in [-0.25, -0.2) is 4.98 Å². The highest BCUT2D eigenvalue weighted by molar-refractivity contribution is 6.30. The van der Waals surface area contributed by atoms with Crippen LogP contribution in [-0.4, -0.2) is 29.0 Å². The van der Waals surface area contributed by atoms with Crippen LogP contribution in [0.15, 0.2) is 72.9 Å². The molecular weight excluding hydrogens is 400 g/mol. The van der Waals surface area contributed by atoms with Crippen LogP contribution in [0.5, 0.6) is 0 Å². The third-order valence-corrected chi connectivity index (χ3v) is 6.12. The summed E-state index contributed by atoms with van der Waals surface area (Å²) in [5.41, 5.74) is 6.44. The summed E-state index contributed by atoms with van der Waals surface area (Å²) in [5, 5.41) is 0.732. The maximum atomic E-state index is 5.96. The van der Waals surface area contributed by atoms with Gasteiger partial charge in [-0.05, 0) is 86.7 Å². The van der Waals surface area contributed by atoms with Gasteiger partial charge in [0.1, 0.15) is 5.69 Å².